The normalized spacial score (nSPS) is 23.2. The van der Waals surface area contributed by atoms with E-state index < -0.39 is 11.5 Å². The van der Waals surface area contributed by atoms with Crippen molar-refractivity contribution in [1.29, 1.82) is 0 Å². The fraction of sp³-hybridized carbons (Fsp3) is 0.500. The summed E-state index contributed by atoms with van der Waals surface area (Å²) >= 11 is 0. The lowest BCUT2D eigenvalue weighted by molar-refractivity contribution is -0.153. The van der Waals surface area contributed by atoms with Crippen LogP contribution in [0.3, 0.4) is 0 Å². The first-order chi connectivity index (χ1) is 9.78. The van der Waals surface area contributed by atoms with Crippen molar-refractivity contribution in [2.24, 2.45) is 11.1 Å². The monoisotopic (exact) mass is 297 g/mol. The molecule has 3 N–H and O–H groups in total. The molecule has 0 aromatic heterocycles. The molecule has 2 aliphatic rings. The van der Waals surface area contributed by atoms with Crippen molar-refractivity contribution in [1.82, 2.24) is 0 Å². The summed E-state index contributed by atoms with van der Waals surface area (Å²) in [7, 11) is 1.33. The zero-order chi connectivity index (χ0) is 16.0. The summed E-state index contributed by atoms with van der Waals surface area (Å²) in [6, 6.07) is 0. The first-order valence-corrected chi connectivity index (χ1v) is 6.44. The molecular weight excluding hydrogens is 278 g/mol. The van der Waals surface area contributed by atoms with E-state index >= 15 is 0 Å². The Balaban J connectivity index is 0.000000491. The van der Waals surface area contributed by atoms with Gasteiger partial charge in [0.1, 0.15) is 6.10 Å². The molecule has 0 spiro atoms. The third-order valence-electron chi connectivity index (χ3n) is 3.03. The third-order valence-corrected chi connectivity index (χ3v) is 3.03. The van der Waals surface area contributed by atoms with Crippen LogP contribution in [-0.2, 0) is 19.1 Å². The van der Waals surface area contributed by atoms with Crippen molar-refractivity contribution >= 4 is 18.0 Å². The maximum Gasteiger partial charge on any atom is 0.402 e. The van der Waals surface area contributed by atoms with Crippen LogP contribution < -0.4 is 5.73 Å². The van der Waals surface area contributed by atoms with Crippen molar-refractivity contribution in [2.45, 2.75) is 32.3 Å². The minimum atomic E-state index is -1.33. The molecule has 0 aromatic rings. The number of hydrogen-bond acceptors (Lipinski definition) is 5. The molecule has 2 rings (SSSR count). The molecule has 1 fully saturated rings. The minimum Gasteiger partial charge on any atom is -0.466 e. The Labute approximate surface area is 122 Å². The Morgan fingerprint density at radius 3 is 2.43 bits per heavy atom. The molecule has 0 heterocycles. The average Bonchev–Trinajstić information content (AvgIpc) is 3.21. The van der Waals surface area contributed by atoms with Crippen molar-refractivity contribution in [3.05, 3.63) is 23.8 Å². The van der Waals surface area contributed by atoms with Crippen LogP contribution in [0.4, 0.5) is 4.79 Å². The molecule has 7 heteroatoms. The number of esters is 2. The van der Waals surface area contributed by atoms with Crippen molar-refractivity contribution in [3.8, 4) is 0 Å². The van der Waals surface area contributed by atoms with Crippen LogP contribution in [-0.4, -0.2) is 36.4 Å². The van der Waals surface area contributed by atoms with Gasteiger partial charge in [-0.2, -0.15) is 0 Å². The highest BCUT2D eigenvalue weighted by molar-refractivity contribution is 5.91. The van der Waals surface area contributed by atoms with Gasteiger partial charge in [-0.05, 0) is 26.2 Å². The van der Waals surface area contributed by atoms with Crippen LogP contribution in [0.1, 0.15) is 26.2 Å². The van der Waals surface area contributed by atoms with E-state index in [-0.39, 0.29) is 18.0 Å². The van der Waals surface area contributed by atoms with Crippen molar-refractivity contribution < 1.29 is 29.0 Å². The van der Waals surface area contributed by atoms with Crippen LogP contribution in [0, 0.1) is 5.41 Å². The first-order valence-electron chi connectivity index (χ1n) is 6.44. The molecule has 7 nitrogen and oxygen atoms in total. The SMILES string of the molecule is COC(=O)C1=CC=CC(C)(C(=O)OC2CC2)C1.NC(=O)O. The van der Waals surface area contributed by atoms with Crippen LogP contribution in [0.25, 0.3) is 0 Å². The number of rotatable bonds is 3. The Morgan fingerprint density at radius 2 is 1.95 bits per heavy atom. The molecule has 0 radical (unpaired) electrons. The molecule has 1 amide bonds. The highest BCUT2D eigenvalue weighted by atomic mass is 16.6. The fourth-order valence-electron chi connectivity index (χ4n) is 1.77. The Kier molecular flexibility index (Phi) is 5.52. The molecule has 0 aromatic carbocycles. The largest absolute Gasteiger partial charge is 0.466 e. The van der Waals surface area contributed by atoms with Gasteiger partial charge in [0.15, 0.2) is 0 Å². The maximum atomic E-state index is 12.0. The predicted octanol–water partition coefficient (Wildman–Crippen LogP) is 1.38. The van der Waals surface area contributed by atoms with Gasteiger partial charge < -0.3 is 20.3 Å². The van der Waals surface area contributed by atoms with E-state index in [1.807, 2.05) is 0 Å². The quantitative estimate of drug-likeness (QED) is 0.760. The van der Waals surface area contributed by atoms with Crippen LogP contribution in [0.2, 0.25) is 0 Å². The van der Waals surface area contributed by atoms with Crippen molar-refractivity contribution in [2.75, 3.05) is 7.11 Å². The van der Waals surface area contributed by atoms with Crippen molar-refractivity contribution in [3.63, 3.8) is 0 Å². The van der Waals surface area contributed by atoms with Gasteiger partial charge in [-0.15, -0.1) is 0 Å². The zero-order valence-electron chi connectivity index (χ0n) is 12.0. The summed E-state index contributed by atoms with van der Waals surface area (Å²) in [4.78, 5) is 32.2. The molecule has 2 aliphatic carbocycles. The molecule has 116 valence electrons. The average molecular weight is 297 g/mol. The number of carbonyl (C=O) groups is 3. The maximum absolute atomic E-state index is 12.0. The number of amides is 1. The molecule has 0 saturated heterocycles. The summed E-state index contributed by atoms with van der Waals surface area (Å²) in [5.41, 5.74) is 3.78. The van der Waals surface area contributed by atoms with Gasteiger partial charge in [-0.1, -0.05) is 18.2 Å². The Hall–Kier alpha value is -2.31. The van der Waals surface area contributed by atoms with Gasteiger partial charge in [0.2, 0.25) is 0 Å². The first kappa shape index (κ1) is 16.7. The summed E-state index contributed by atoms with van der Waals surface area (Å²) < 4.78 is 9.96. The molecule has 1 unspecified atom stereocenters. The number of primary amides is 1. The Morgan fingerprint density at radius 1 is 1.38 bits per heavy atom. The lowest BCUT2D eigenvalue weighted by Crippen LogP contribution is -2.31. The number of nitrogens with two attached hydrogens (primary N) is 1. The summed E-state index contributed by atoms with van der Waals surface area (Å²) in [5, 5.41) is 7.19. The topological polar surface area (TPSA) is 116 Å². The van der Waals surface area contributed by atoms with Gasteiger partial charge in [-0.3, -0.25) is 4.79 Å². The third kappa shape index (κ3) is 5.29. The standard InChI is InChI=1S/C13H16O4.CH3NO2/c1-13(12(15)17-10-5-6-10)7-3-4-9(8-13)11(14)16-2;2-1(3)4/h3-4,7,10H,5-6,8H2,1-2H3;2H2,(H,3,4). The number of allylic oxidation sites excluding steroid dienone is 2. The number of ether oxygens (including phenoxy) is 2. The summed E-state index contributed by atoms with van der Waals surface area (Å²) in [6.45, 7) is 1.78. The number of methoxy groups -OCH3 is 1. The van der Waals surface area contributed by atoms with E-state index in [9.17, 15) is 9.59 Å². The number of carboxylic acid groups (broad SMARTS) is 1. The molecule has 21 heavy (non-hydrogen) atoms. The highest BCUT2D eigenvalue weighted by Gasteiger charge is 2.39. The molecular formula is C14H19NO6. The highest BCUT2D eigenvalue weighted by Crippen LogP contribution is 2.35. The summed E-state index contributed by atoms with van der Waals surface area (Å²) in [6.07, 6.45) is 6.16. The van der Waals surface area contributed by atoms with E-state index in [0.29, 0.717) is 12.0 Å². The summed E-state index contributed by atoms with van der Waals surface area (Å²) in [5.74, 6) is -0.648. The smallest absolute Gasteiger partial charge is 0.402 e. The molecule has 0 bridgehead atoms. The molecule has 0 aliphatic heterocycles. The lowest BCUT2D eigenvalue weighted by atomic mass is 9.80. The van der Waals surface area contributed by atoms with Crippen LogP contribution in [0.15, 0.2) is 23.8 Å². The van der Waals surface area contributed by atoms with Crippen LogP contribution in [0.5, 0.6) is 0 Å². The van der Waals surface area contributed by atoms with Gasteiger partial charge >= 0.3 is 18.0 Å². The fourth-order valence-corrected chi connectivity index (χ4v) is 1.77. The Bertz CT molecular complexity index is 488. The number of carbonyl (C=O) groups excluding carboxylic acids is 2. The second-order valence-corrected chi connectivity index (χ2v) is 5.08. The second kappa shape index (κ2) is 6.92. The van der Waals surface area contributed by atoms with Gasteiger partial charge in [0.25, 0.3) is 0 Å². The number of hydrogen-bond donors (Lipinski definition) is 2. The van der Waals surface area contributed by atoms with E-state index in [0.717, 1.165) is 12.8 Å². The van der Waals surface area contributed by atoms with E-state index in [4.69, 9.17) is 14.6 Å². The lowest BCUT2D eigenvalue weighted by Gasteiger charge is -2.26. The predicted molar refractivity (Wildman–Crippen MR) is 73.3 cm³/mol. The van der Waals surface area contributed by atoms with E-state index in [1.165, 1.54) is 7.11 Å². The van der Waals surface area contributed by atoms with Gasteiger partial charge in [0, 0.05) is 5.57 Å². The second-order valence-electron chi connectivity index (χ2n) is 5.08. The van der Waals surface area contributed by atoms with Crippen LogP contribution >= 0.6 is 0 Å². The van der Waals surface area contributed by atoms with E-state index in [2.05, 4.69) is 10.5 Å². The van der Waals surface area contributed by atoms with Gasteiger partial charge in [-0.25, -0.2) is 9.59 Å². The van der Waals surface area contributed by atoms with Gasteiger partial charge in [0.05, 0.1) is 12.5 Å². The van der Waals surface area contributed by atoms with E-state index in [1.54, 1.807) is 25.2 Å². The zero-order valence-corrected chi connectivity index (χ0v) is 12.0. The molecule has 1 saturated carbocycles. The minimum absolute atomic E-state index is 0.0835. The molecule has 1 atom stereocenters.